The minimum Gasteiger partial charge on any atom is -0.457 e. The molecule has 0 aliphatic heterocycles. The summed E-state index contributed by atoms with van der Waals surface area (Å²) in [5.74, 6) is 3.38. The van der Waals surface area contributed by atoms with Crippen molar-refractivity contribution in [2.45, 2.75) is 20.8 Å². The van der Waals surface area contributed by atoms with Crippen LogP contribution in [0, 0.1) is 20.8 Å². The van der Waals surface area contributed by atoms with Crippen molar-refractivity contribution in [2.75, 3.05) is 0 Å². The zero-order valence-electron chi connectivity index (χ0n) is 13.7. The molecule has 0 bridgehead atoms. The molecule has 0 heterocycles. The van der Waals surface area contributed by atoms with Gasteiger partial charge in [0.05, 0.1) is 0 Å². The van der Waals surface area contributed by atoms with Crippen LogP contribution < -0.4 is 9.47 Å². The predicted octanol–water partition coefficient (Wildman–Crippen LogP) is 6.20. The maximum atomic E-state index is 5.96. The van der Waals surface area contributed by atoms with Crippen LogP contribution in [0.5, 0.6) is 23.0 Å². The lowest BCUT2D eigenvalue weighted by molar-refractivity contribution is 0.464. The van der Waals surface area contributed by atoms with Crippen molar-refractivity contribution in [3.8, 4) is 23.0 Å². The molecular weight excluding hydrogens is 284 g/mol. The van der Waals surface area contributed by atoms with E-state index < -0.39 is 0 Å². The molecular formula is C21H20O2. The fourth-order valence-electron chi connectivity index (χ4n) is 2.40. The van der Waals surface area contributed by atoms with Crippen molar-refractivity contribution < 1.29 is 9.47 Å². The molecule has 0 amide bonds. The molecule has 3 aromatic rings. The van der Waals surface area contributed by atoms with E-state index in [9.17, 15) is 0 Å². The first-order valence-corrected chi connectivity index (χ1v) is 7.70. The van der Waals surface area contributed by atoms with Crippen LogP contribution in [0.1, 0.15) is 16.7 Å². The molecule has 0 radical (unpaired) electrons. The largest absolute Gasteiger partial charge is 0.457 e. The SMILES string of the molecule is Cc1cccc(Oc2ccc(Oc3ccccc3C)cc2C)c1. The standard InChI is InChI=1S/C21H20O2/c1-15-7-6-9-18(13-15)22-21-12-11-19(14-17(21)3)23-20-10-5-4-8-16(20)2/h4-14H,1-3H3. The number of ether oxygens (including phenoxy) is 2. The van der Waals surface area contributed by atoms with Crippen molar-refractivity contribution in [1.82, 2.24) is 0 Å². The lowest BCUT2D eigenvalue weighted by Crippen LogP contribution is -1.91. The van der Waals surface area contributed by atoms with E-state index in [4.69, 9.17) is 9.47 Å². The number of hydrogen-bond donors (Lipinski definition) is 0. The van der Waals surface area contributed by atoms with Crippen LogP contribution in [0.2, 0.25) is 0 Å². The Morgan fingerprint density at radius 2 is 1.26 bits per heavy atom. The minimum atomic E-state index is 0.813. The molecule has 0 aliphatic carbocycles. The summed E-state index contributed by atoms with van der Waals surface area (Å²) in [5, 5.41) is 0. The fraction of sp³-hybridized carbons (Fsp3) is 0.143. The Kier molecular flexibility index (Phi) is 4.33. The second-order valence-electron chi connectivity index (χ2n) is 5.71. The second kappa shape index (κ2) is 6.57. The van der Waals surface area contributed by atoms with Crippen LogP contribution in [-0.4, -0.2) is 0 Å². The summed E-state index contributed by atoms with van der Waals surface area (Å²) in [6.45, 7) is 6.12. The molecule has 0 saturated heterocycles. The van der Waals surface area contributed by atoms with Gasteiger partial charge < -0.3 is 9.47 Å². The number of benzene rings is 3. The van der Waals surface area contributed by atoms with Gasteiger partial charge in [-0.1, -0.05) is 30.3 Å². The maximum absolute atomic E-state index is 5.96. The lowest BCUT2D eigenvalue weighted by Gasteiger charge is -2.12. The van der Waals surface area contributed by atoms with Crippen LogP contribution in [0.15, 0.2) is 66.7 Å². The minimum absolute atomic E-state index is 0.813. The third-order valence-electron chi connectivity index (χ3n) is 3.69. The number of rotatable bonds is 4. The highest BCUT2D eigenvalue weighted by molar-refractivity contribution is 5.44. The number of para-hydroxylation sites is 1. The molecule has 0 spiro atoms. The first kappa shape index (κ1) is 15.2. The summed E-state index contributed by atoms with van der Waals surface area (Å²) in [7, 11) is 0. The van der Waals surface area contributed by atoms with E-state index in [1.54, 1.807) is 0 Å². The maximum Gasteiger partial charge on any atom is 0.130 e. The van der Waals surface area contributed by atoms with Crippen molar-refractivity contribution in [3.05, 3.63) is 83.4 Å². The summed E-state index contributed by atoms with van der Waals surface area (Å²) in [4.78, 5) is 0. The van der Waals surface area contributed by atoms with Gasteiger partial charge in [-0.3, -0.25) is 0 Å². The van der Waals surface area contributed by atoms with E-state index in [1.165, 1.54) is 5.56 Å². The Morgan fingerprint density at radius 1 is 0.565 bits per heavy atom. The highest BCUT2D eigenvalue weighted by Gasteiger charge is 2.06. The molecule has 0 atom stereocenters. The molecule has 116 valence electrons. The van der Waals surface area contributed by atoms with Crippen LogP contribution in [-0.2, 0) is 0 Å². The summed E-state index contributed by atoms with van der Waals surface area (Å²) in [5.41, 5.74) is 3.34. The molecule has 0 aromatic heterocycles. The summed E-state index contributed by atoms with van der Waals surface area (Å²) >= 11 is 0. The summed E-state index contributed by atoms with van der Waals surface area (Å²) in [6, 6.07) is 21.9. The molecule has 0 aliphatic rings. The molecule has 2 heteroatoms. The second-order valence-corrected chi connectivity index (χ2v) is 5.71. The molecule has 3 rings (SSSR count). The smallest absolute Gasteiger partial charge is 0.130 e. The fourth-order valence-corrected chi connectivity index (χ4v) is 2.40. The zero-order valence-corrected chi connectivity index (χ0v) is 13.7. The van der Waals surface area contributed by atoms with Crippen LogP contribution in [0.3, 0.4) is 0 Å². The van der Waals surface area contributed by atoms with E-state index in [0.29, 0.717) is 0 Å². The molecule has 0 saturated carbocycles. The third-order valence-corrected chi connectivity index (χ3v) is 3.69. The van der Waals surface area contributed by atoms with Gasteiger partial charge >= 0.3 is 0 Å². The first-order valence-electron chi connectivity index (χ1n) is 7.70. The van der Waals surface area contributed by atoms with Gasteiger partial charge in [0.25, 0.3) is 0 Å². The van der Waals surface area contributed by atoms with Gasteiger partial charge in [0.2, 0.25) is 0 Å². The number of hydrogen-bond acceptors (Lipinski definition) is 2. The summed E-state index contributed by atoms with van der Waals surface area (Å²) in [6.07, 6.45) is 0. The van der Waals surface area contributed by atoms with Crippen LogP contribution in [0.4, 0.5) is 0 Å². The Labute approximate surface area is 137 Å². The summed E-state index contributed by atoms with van der Waals surface area (Å²) < 4.78 is 11.9. The Hall–Kier alpha value is -2.74. The molecule has 0 N–H and O–H groups in total. The first-order chi connectivity index (χ1) is 11.1. The lowest BCUT2D eigenvalue weighted by atomic mass is 10.2. The van der Waals surface area contributed by atoms with Gasteiger partial charge in [-0.05, 0) is 73.9 Å². The highest BCUT2D eigenvalue weighted by Crippen LogP contribution is 2.31. The van der Waals surface area contributed by atoms with Crippen molar-refractivity contribution in [1.29, 1.82) is 0 Å². The van der Waals surface area contributed by atoms with Crippen molar-refractivity contribution in [3.63, 3.8) is 0 Å². The van der Waals surface area contributed by atoms with Gasteiger partial charge in [-0.25, -0.2) is 0 Å². The van der Waals surface area contributed by atoms with Crippen LogP contribution in [0.25, 0.3) is 0 Å². The average Bonchev–Trinajstić information content (AvgIpc) is 2.52. The molecule has 0 fully saturated rings. The van der Waals surface area contributed by atoms with E-state index in [-0.39, 0.29) is 0 Å². The molecule has 23 heavy (non-hydrogen) atoms. The highest BCUT2D eigenvalue weighted by atomic mass is 16.5. The van der Waals surface area contributed by atoms with Gasteiger partial charge in [0.1, 0.15) is 23.0 Å². The van der Waals surface area contributed by atoms with Crippen molar-refractivity contribution >= 4 is 0 Å². The molecule has 3 aromatic carbocycles. The van der Waals surface area contributed by atoms with E-state index >= 15 is 0 Å². The normalized spacial score (nSPS) is 10.4. The number of aryl methyl sites for hydroxylation is 3. The predicted molar refractivity (Wildman–Crippen MR) is 93.7 cm³/mol. The van der Waals surface area contributed by atoms with Gasteiger partial charge in [-0.15, -0.1) is 0 Å². The quantitative estimate of drug-likeness (QED) is 0.571. The zero-order chi connectivity index (χ0) is 16.2. The Bertz CT molecular complexity index is 822. The third kappa shape index (κ3) is 3.72. The van der Waals surface area contributed by atoms with Crippen LogP contribution >= 0.6 is 0 Å². The Balaban J connectivity index is 1.79. The Morgan fingerprint density at radius 3 is 1.96 bits per heavy atom. The van der Waals surface area contributed by atoms with Gasteiger partial charge in [-0.2, -0.15) is 0 Å². The van der Waals surface area contributed by atoms with E-state index in [2.05, 4.69) is 13.0 Å². The monoisotopic (exact) mass is 304 g/mol. The molecule has 0 unspecified atom stereocenters. The molecule has 2 nitrogen and oxygen atoms in total. The van der Waals surface area contributed by atoms with E-state index in [0.717, 1.165) is 34.1 Å². The average molecular weight is 304 g/mol. The van der Waals surface area contributed by atoms with Crippen molar-refractivity contribution in [2.24, 2.45) is 0 Å². The van der Waals surface area contributed by atoms with Gasteiger partial charge in [0.15, 0.2) is 0 Å². The van der Waals surface area contributed by atoms with E-state index in [1.807, 2.05) is 74.5 Å². The van der Waals surface area contributed by atoms with Gasteiger partial charge in [0, 0.05) is 0 Å². The topological polar surface area (TPSA) is 18.5 Å².